The van der Waals surface area contributed by atoms with E-state index in [2.05, 4.69) is 9.71 Å². The third-order valence-electron chi connectivity index (χ3n) is 2.54. The van der Waals surface area contributed by atoms with E-state index in [9.17, 15) is 8.42 Å². The van der Waals surface area contributed by atoms with Crippen molar-refractivity contribution in [3.05, 3.63) is 24.0 Å². The standard InChI is InChI=1S/C12H22N4O3S/c1-16(2)6-8-19-7-5-15-20(17,18)12-4-3-11(9-13)14-10-12/h3-4,10,15H,5-9,13H2,1-2H3. The summed E-state index contributed by atoms with van der Waals surface area (Å²) < 4.78 is 31.6. The van der Waals surface area contributed by atoms with Gasteiger partial charge in [0.1, 0.15) is 4.90 Å². The van der Waals surface area contributed by atoms with Gasteiger partial charge in [-0.1, -0.05) is 0 Å². The number of likely N-dealkylation sites (N-methyl/N-ethyl adjacent to an activating group) is 1. The molecule has 0 bridgehead atoms. The normalized spacial score (nSPS) is 12.0. The Hall–Kier alpha value is -1.06. The smallest absolute Gasteiger partial charge is 0.242 e. The topological polar surface area (TPSA) is 97.5 Å². The number of hydrogen-bond donors (Lipinski definition) is 2. The number of aromatic nitrogens is 1. The number of pyridine rings is 1. The van der Waals surface area contributed by atoms with Crippen molar-refractivity contribution in [1.82, 2.24) is 14.6 Å². The minimum absolute atomic E-state index is 0.128. The van der Waals surface area contributed by atoms with Crippen LogP contribution in [0.25, 0.3) is 0 Å². The summed E-state index contributed by atoms with van der Waals surface area (Å²) in [7, 11) is 0.364. The Balaban J connectivity index is 2.37. The molecule has 0 saturated carbocycles. The lowest BCUT2D eigenvalue weighted by molar-refractivity contribution is 0.122. The van der Waals surface area contributed by atoms with E-state index in [1.54, 1.807) is 6.07 Å². The van der Waals surface area contributed by atoms with Gasteiger partial charge in [-0.25, -0.2) is 13.1 Å². The number of rotatable bonds is 9. The van der Waals surface area contributed by atoms with Crippen LogP contribution in [0.3, 0.4) is 0 Å². The molecule has 0 fully saturated rings. The Morgan fingerprint density at radius 3 is 2.65 bits per heavy atom. The maximum absolute atomic E-state index is 11.9. The molecule has 1 aromatic rings. The highest BCUT2D eigenvalue weighted by Gasteiger charge is 2.13. The second-order valence-electron chi connectivity index (χ2n) is 4.50. The van der Waals surface area contributed by atoms with Crippen LogP contribution >= 0.6 is 0 Å². The van der Waals surface area contributed by atoms with E-state index in [1.165, 1.54) is 12.3 Å². The van der Waals surface area contributed by atoms with Crippen molar-refractivity contribution in [2.45, 2.75) is 11.4 Å². The van der Waals surface area contributed by atoms with Crippen LogP contribution in [0.15, 0.2) is 23.2 Å². The molecule has 114 valence electrons. The van der Waals surface area contributed by atoms with Crippen molar-refractivity contribution in [3.8, 4) is 0 Å². The summed E-state index contributed by atoms with van der Waals surface area (Å²) in [5.41, 5.74) is 6.06. The van der Waals surface area contributed by atoms with Gasteiger partial charge in [0.15, 0.2) is 0 Å². The third kappa shape index (κ3) is 5.93. The second kappa shape index (κ2) is 8.28. The number of sulfonamides is 1. The molecule has 3 N–H and O–H groups in total. The Labute approximate surface area is 120 Å². The highest BCUT2D eigenvalue weighted by molar-refractivity contribution is 7.89. The molecule has 7 nitrogen and oxygen atoms in total. The maximum atomic E-state index is 11.9. The summed E-state index contributed by atoms with van der Waals surface area (Å²) in [6, 6.07) is 3.09. The molecule has 1 rings (SSSR count). The van der Waals surface area contributed by atoms with Crippen molar-refractivity contribution in [1.29, 1.82) is 0 Å². The first-order chi connectivity index (χ1) is 9.45. The molecule has 0 unspecified atom stereocenters. The number of nitrogens with two attached hydrogens (primary N) is 1. The summed E-state index contributed by atoms with van der Waals surface area (Å²) in [5, 5.41) is 0. The molecule has 0 saturated heterocycles. The van der Waals surface area contributed by atoms with Crippen LogP contribution in [0, 0.1) is 0 Å². The number of nitrogens with zero attached hydrogens (tertiary/aromatic N) is 2. The van der Waals surface area contributed by atoms with Crippen LogP contribution in [-0.4, -0.2) is 58.7 Å². The molecule has 8 heteroatoms. The molecule has 0 aliphatic heterocycles. The van der Waals surface area contributed by atoms with Gasteiger partial charge in [-0.05, 0) is 26.2 Å². The largest absolute Gasteiger partial charge is 0.379 e. The Kier molecular flexibility index (Phi) is 7.03. The lowest BCUT2D eigenvalue weighted by Gasteiger charge is -2.10. The van der Waals surface area contributed by atoms with E-state index in [-0.39, 0.29) is 18.0 Å². The Morgan fingerprint density at radius 2 is 2.10 bits per heavy atom. The van der Waals surface area contributed by atoms with E-state index in [4.69, 9.17) is 10.5 Å². The summed E-state index contributed by atoms with van der Waals surface area (Å²) in [6.45, 7) is 2.22. The highest BCUT2D eigenvalue weighted by atomic mass is 32.2. The monoisotopic (exact) mass is 302 g/mol. The molecule has 20 heavy (non-hydrogen) atoms. The van der Waals surface area contributed by atoms with Gasteiger partial charge in [-0.3, -0.25) is 4.98 Å². The zero-order chi connectivity index (χ0) is 15.0. The van der Waals surface area contributed by atoms with Crippen LogP contribution < -0.4 is 10.5 Å². The minimum atomic E-state index is -3.53. The Bertz CT molecular complexity index is 488. The zero-order valence-corrected chi connectivity index (χ0v) is 12.7. The molecule has 0 atom stereocenters. The van der Waals surface area contributed by atoms with E-state index < -0.39 is 10.0 Å². The van der Waals surface area contributed by atoms with Crippen LogP contribution in [-0.2, 0) is 21.3 Å². The van der Waals surface area contributed by atoms with Crippen molar-refractivity contribution in [3.63, 3.8) is 0 Å². The molecular formula is C12H22N4O3S. The SMILES string of the molecule is CN(C)CCOCCNS(=O)(=O)c1ccc(CN)nc1. The first-order valence-corrected chi connectivity index (χ1v) is 7.81. The zero-order valence-electron chi connectivity index (χ0n) is 11.9. The second-order valence-corrected chi connectivity index (χ2v) is 6.27. The summed E-state index contributed by atoms with van der Waals surface area (Å²) in [4.78, 5) is 6.08. The summed E-state index contributed by atoms with van der Waals surface area (Å²) >= 11 is 0. The maximum Gasteiger partial charge on any atom is 0.242 e. The van der Waals surface area contributed by atoms with Gasteiger partial charge < -0.3 is 15.4 Å². The lowest BCUT2D eigenvalue weighted by atomic mass is 10.4. The molecule has 0 spiro atoms. The van der Waals surface area contributed by atoms with Gasteiger partial charge in [-0.15, -0.1) is 0 Å². The van der Waals surface area contributed by atoms with Crippen molar-refractivity contribution < 1.29 is 13.2 Å². The van der Waals surface area contributed by atoms with Crippen molar-refractivity contribution in [2.24, 2.45) is 5.73 Å². The molecule has 0 radical (unpaired) electrons. The number of nitrogens with one attached hydrogen (secondary N) is 1. The predicted molar refractivity (Wildman–Crippen MR) is 76.7 cm³/mol. The molecule has 1 heterocycles. The van der Waals surface area contributed by atoms with Crippen molar-refractivity contribution in [2.75, 3.05) is 40.4 Å². The van der Waals surface area contributed by atoms with E-state index in [0.29, 0.717) is 18.9 Å². The summed E-state index contributed by atoms with van der Waals surface area (Å²) in [5.74, 6) is 0. The van der Waals surface area contributed by atoms with Crippen LogP contribution in [0.2, 0.25) is 0 Å². The van der Waals surface area contributed by atoms with Gasteiger partial charge in [0.2, 0.25) is 10.0 Å². The van der Waals surface area contributed by atoms with Gasteiger partial charge in [0, 0.05) is 25.8 Å². The molecule has 0 amide bonds. The Morgan fingerprint density at radius 1 is 1.35 bits per heavy atom. The molecule has 0 aromatic carbocycles. The van der Waals surface area contributed by atoms with Gasteiger partial charge >= 0.3 is 0 Å². The fourth-order valence-corrected chi connectivity index (χ4v) is 2.33. The lowest BCUT2D eigenvalue weighted by Crippen LogP contribution is -2.28. The quantitative estimate of drug-likeness (QED) is 0.591. The van der Waals surface area contributed by atoms with E-state index >= 15 is 0 Å². The van der Waals surface area contributed by atoms with Crippen molar-refractivity contribution >= 4 is 10.0 Å². The van der Waals surface area contributed by atoms with E-state index in [1.807, 2.05) is 19.0 Å². The van der Waals surface area contributed by atoms with E-state index in [0.717, 1.165) is 6.54 Å². The highest BCUT2D eigenvalue weighted by Crippen LogP contribution is 2.07. The van der Waals surface area contributed by atoms with Gasteiger partial charge in [0.25, 0.3) is 0 Å². The summed E-state index contributed by atoms with van der Waals surface area (Å²) in [6.07, 6.45) is 1.30. The molecular weight excluding hydrogens is 280 g/mol. The molecule has 0 aliphatic carbocycles. The number of ether oxygens (including phenoxy) is 1. The molecule has 0 aliphatic rings. The number of hydrogen-bond acceptors (Lipinski definition) is 6. The fourth-order valence-electron chi connectivity index (χ4n) is 1.37. The van der Waals surface area contributed by atoms with Crippen LogP contribution in [0.1, 0.15) is 5.69 Å². The van der Waals surface area contributed by atoms with Gasteiger partial charge in [-0.2, -0.15) is 0 Å². The predicted octanol–water partition coefficient (Wildman–Crippen LogP) is -0.603. The third-order valence-corrected chi connectivity index (χ3v) is 3.98. The first-order valence-electron chi connectivity index (χ1n) is 6.33. The van der Waals surface area contributed by atoms with Gasteiger partial charge in [0.05, 0.1) is 18.9 Å². The fraction of sp³-hybridized carbons (Fsp3) is 0.583. The average Bonchev–Trinajstić information content (AvgIpc) is 2.42. The average molecular weight is 302 g/mol. The minimum Gasteiger partial charge on any atom is -0.379 e. The first kappa shape index (κ1) is 17.0. The van der Waals surface area contributed by atoms with Crippen LogP contribution in [0.5, 0.6) is 0 Å². The van der Waals surface area contributed by atoms with Crippen LogP contribution in [0.4, 0.5) is 0 Å². The molecule has 1 aromatic heterocycles.